The summed E-state index contributed by atoms with van der Waals surface area (Å²) in [6, 6.07) is 5.61. The van der Waals surface area contributed by atoms with E-state index < -0.39 is 0 Å². The SMILES string of the molecule is Cc1cc(C(=O)N2CCN(c3ccc(Br)cn3)CC2)on1. The molecule has 3 rings (SSSR count). The summed E-state index contributed by atoms with van der Waals surface area (Å²) in [5.74, 6) is 1.14. The van der Waals surface area contributed by atoms with Crippen molar-refractivity contribution < 1.29 is 9.32 Å². The zero-order valence-corrected chi connectivity index (χ0v) is 13.2. The topological polar surface area (TPSA) is 62.5 Å². The van der Waals surface area contributed by atoms with Crippen LogP contribution < -0.4 is 4.90 Å². The van der Waals surface area contributed by atoms with E-state index in [9.17, 15) is 4.79 Å². The maximum absolute atomic E-state index is 12.3. The fourth-order valence-electron chi connectivity index (χ4n) is 2.31. The van der Waals surface area contributed by atoms with Crippen molar-refractivity contribution in [2.75, 3.05) is 31.1 Å². The van der Waals surface area contributed by atoms with Crippen LogP contribution in [0.5, 0.6) is 0 Å². The minimum atomic E-state index is -0.0981. The summed E-state index contributed by atoms with van der Waals surface area (Å²) < 4.78 is 5.99. The van der Waals surface area contributed by atoms with E-state index >= 15 is 0 Å². The van der Waals surface area contributed by atoms with Crippen LogP contribution in [0.2, 0.25) is 0 Å². The largest absolute Gasteiger partial charge is 0.353 e. The van der Waals surface area contributed by atoms with Crippen molar-refractivity contribution in [1.29, 1.82) is 0 Å². The predicted octanol–water partition coefficient (Wildman–Crippen LogP) is 2.10. The lowest BCUT2D eigenvalue weighted by atomic mass is 10.2. The molecule has 1 amide bonds. The first-order chi connectivity index (χ1) is 10.1. The Morgan fingerprint density at radius 2 is 2.05 bits per heavy atom. The summed E-state index contributed by atoms with van der Waals surface area (Å²) in [6.07, 6.45) is 1.78. The van der Waals surface area contributed by atoms with Gasteiger partial charge in [-0.2, -0.15) is 0 Å². The van der Waals surface area contributed by atoms with E-state index in [-0.39, 0.29) is 5.91 Å². The molecule has 3 heterocycles. The van der Waals surface area contributed by atoms with Crippen LogP contribution in [0, 0.1) is 6.92 Å². The molecule has 2 aromatic heterocycles. The fraction of sp³-hybridized carbons (Fsp3) is 0.357. The Morgan fingerprint density at radius 1 is 1.29 bits per heavy atom. The van der Waals surface area contributed by atoms with Crippen LogP contribution in [0.1, 0.15) is 16.2 Å². The van der Waals surface area contributed by atoms with Crippen LogP contribution in [0.4, 0.5) is 5.82 Å². The van der Waals surface area contributed by atoms with Crippen molar-refractivity contribution in [2.45, 2.75) is 6.92 Å². The minimum absolute atomic E-state index is 0.0981. The Kier molecular flexibility index (Phi) is 3.92. The van der Waals surface area contributed by atoms with E-state index in [4.69, 9.17) is 4.52 Å². The second kappa shape index (κ2) is 5.85. The number of halogens is 1. The third-order valence-corrected chi connectivity index (χ3v) is 3.91. The Balaban J connectivity index is 1.62. The summed E-state index contributed by atoms with van der Waals surface area (Å²) in [5, 5.41) is 3.76. The van der Waals surface area contributed by atoms with Crippen LogP contribution in [0.3, 0.4) is 0 Å². The van der Waals surface area contributed by atoms with Gasteiger partial charge in [0.2, 0.25) is 5.76 Å². The molecule has 0 unspecified atom stereocenters. The highest BCUT2D eigenvalue weighted by Crippen LogP contribution is 2.17. The van der Waals surface area contributed by atoms with E-state index in [1.54, 1.807) is 24.1 Å². The molecule has 110 valence electrons. The van der Waals surface area contributed by atoms with Gasteiger partial charge < -0.3 is 14.3 Å². The van der Waals surface area contributed by atoms with Gasteiger partial charge in [-0.05, 0) is 35.0 Å². The van der Waals surface area contributed by atoms with E-state index in [2.05, 4.69) is 31.0 Å². The smallest absolute Gasteiger partial charge is 0.292 e. The first-order valence-electron chi connectivity index (χ1n) is 6.72. The van der Waals surface area contributed by atoms with Crippen LogP contribution in [-0.4, -0.2) is 47.1 Å². The van der Waals surface area contributed by atoms with Gasteiger partial charge in [0.05, 0.1) is 5.69 Å². The van der Waals surface area contributed by atoms with Crippen molar-refractivity contribution in [3.63, 3.8) is 0 Å². The zero-order chi connectivity index (χ0) is 14.8. The Bertz CT molecular complexity index is 633. The summed E-state index contributed by atoms with van der Waals surface area (Å²) in [6.45, 7) is 4.62. The van der Waals surface area contributed by atoms with Gasteiger partial charge in [-0.25, -0.2) is 4.98 Å². The van der Waals surface area contributed by atoms with Crippen LogP contribution in [0.25, 0.3) is 0 Å². The standard InChI is InChI=1S/C14H15BrN4O2/c1-10-8-12(21-17-10)14(20)19-6-4-18(5-7-19)13-3-2-11(15)9-16-13/h2-3,8-9H,4-7H2,1H3. The van der Waals surface area contributed by atoms with Crippen LogP contribution in [-0.2, 0) is 0 Å². The Morgan fingerprint density at radius 3 is 2.62 bits per heavy atom. The lowest BCUT2D eigenvalue weighted by Crippen LogP contribution is -2.49. The number of amides is 1. The monoisotopic (exact) mass is 350 g/mol. The number of carbonyl (C=O) groups excluding carboxylic acids is 1. The van der Waals surface area contributed by atoms with Crippen molar-refractivity contribution in [3.05, 3.63) is 40.3 Å². The molecule has 0 aromatic carbocycles. The average Bonchev–Trinajstić information content (AvgIpc) is 2.94. The second-order valence-electron chi connectivity index (χ2n) is 4.95. The summed E-state index contributed by atoms with van der Waals surface area (Å²) in [7, 11) is 0. The first kappa shape index (κ1) is 14.1. The Hall–Kier alpha value is -1.89. The van der Waals surface area contributed by atoms with Crippen LogP contribution in [0.15, 0.2) is 33.4 Å². The van der Waals surface area contributed by atoms with Crippen molar-refractivity contribution >= 4 is 27.7 Å². The van der Waals surface area contributed by atoms with E-state index in [0.717, 1.165) is 29.1 Å². The van der Waals surface area contributed by atoms with Gasteiger partial charge in [0.15, 0.2) is 0 Å². The highest BCUT2D eigenvalue weighted by molar-refractivity contribution is 9.10. The number of carbonyl (C=O) groups is 1. The molecule has 6 nitrogen and oxygen atoms in total. The van der Waals surface area contributed by atoms with Gasteiger partial charge in [-0.1, -0.05) is 5.16 Å². The average molecular weight is 351 g/mol. The summed E-state index contributed by atoms with van der Waals surface area (Å²) in [5.41, 5.74) is 0.719. The molecule has 1 saturated heterocycles. The second-order valence-corrected chi connectivity index (χ2v) is 5.86. The first-order valence-corrected chi connectivity index (χ1v) is 7.52. The molecule has 0 bridgehead atoms. The molecule has 1 aliphatic heterocycles. The number of pyridine rings is 1. The van der Waals surface area contributed by atoms with Gasteiger partial charge in [0.1, 0.15) is 5.82 Å². The van der Waals surface area contributed by atoms with E-state index in [1.165, 1.54) is 0 Å². The number of hydrogen-bond donors (Lipinski definition) is 0. The molecule has 7 heteroatoms. The van der Waals surface area contributed by atoms with Crippen molar-refractivity contribution in [1.82, 2.24) is 15.0 Å². The van der Waals surface area contributed by atoms with Gasteiger partial charge in [0.25, 0.3) is 5.91 Å². The highest BCUT2D eigenvalue weighted by Gasteiger charge is 2.25. The molecular weight excluding hydrogens is 336 g/mol. The number of piperazine rings is 1. The highest BCUT2D eigenvalue weighted by atomic mass is 79.9. The molecular formula is C14H15BrN4O2. The number of anilines is 1. The number of nitrogens with zero attached hydrogens (tertiary/aromatic N) is 4. The van der Waals surface area contributed by atoms with Gasteiger partial charge in [-0.3, -0.25) is 4.79 Å². The minimum Gasteiger partial charge on any atom is -0.353 e. The fourth-order valence-corrected chi connectivity index (χ4v) is 2.55. The van der Waals surface area contributed by atoms with Crippen LogP contribution >= 0.6 is 15.9 Å². The maximum atomic E-state index is 12.3. The summed E-state index contributed by atoms with van der Waals surface area (Å²) in [4.78, 5) is 20.6. The summed E-state index contributed by atoms with van der Waals surface area (Å²) >= 11 is 3.38. The predicted molar refractivity (Wildman–Crippen MR) is 81.3 cm³/mol. The lowest BCUT2D eigenvalue weighted by Gasteiger charge is -2.34. The number of hydrogen-bond acceptors (Lipinski definition) is 5. The molecule has 0 radical (unpaired) electrons. The van der Waals surface area contributed by atoms with E-state index in [0.29, 0.717) is 18.8 Å². The Labute approximate surface area is 130 Å². The maximum Gasteiger partial charge on any atom is 0.292 e. The molecule has 1 aliphatic rings. The van der Waals surface area contributed by atoms with Crippen molar-refractivity contribution in [3.8, 4) is 0 Å². The third-order valence-electron chi connectivity index (χ3n) is 3.44. The van der Waals surface area contributed by atoms with Crippen molar-refractivity contribution in [2.24, 2.45) is 0 Å². The lowest BCUT2D eigenvalue weighted by molar-refractivity contribution is 0.0704. The zero-order valence-electron chi connectivity index (χ0n) is 11.6. The normalized spacial score (nSPS) is 15.3. The van der Waals surface area contributed by atoms with Gasteiger partial charge in [-0.15, -0.1) is 0 Å². The quantitative estimate of drug-likeness (QED) is 0.829. The molecule has 0 saturated carbocycles. The third kappa shape index (κ3) is 3.07. The molecule has 0 aliphatic carbocycles. The molecule has 0 atom stereocenters. The molecule has 1 fully saturated rings. The van der Waals surface area contributed by atoms with Gasteiger partial charge in [0, 0.05) is 42.9 Å². The number of aryl methyl sites for hydroxylation is 1. The number of rotatable bonds is 2. The number of aromatic nitrogens is 2. The van der Waals surface area contributed by atoms with Gasteiger partial charge >= 0.3 is 0 Å². The van der Waals surface area contributed by atoms with E-state index in [1.807, 2.05) is 12.1 Å². The molecule has 0 N–H and O–H groups in total. The molecule has 2 aromatic rings. The molecule has 21 heavy (non-hydrogen) atoms. The molecule has 0 spiro atoms.